The average molecular weight is 483 g/mol. The molecule has 0 aromatic heterocycles. The average Bonchev–Trinajstić information content (AvgIpc) is 3.13. The quantitative estimate of drug-likeness (QED) is 0.395. The van der Waals surface area contributed by atoms with Crippen molar-refractivity contribution in [2.45, 2.75) is 144 Å². The van der Waals surface area contributed by atoms with Crippen molar-refractivity contribution in [1.82, 2.24) is 0 Å². The lowest BCUT2D eigenvalue weighted by molar-refractivity contribution is -0.0758. The molecule has 0 amide bonds. The highest BCUT2D eigenvalue weighted by molar-refractivity contribution is 5.27. The van der Waals surface area contributed by atoms with Gasteiger partial charge >= 0.3 is 0 Å². The van der Waals surface area contributed by atoms with E-state index >= 15 is 0 Å². The zero-order valence-corrected chi connectivity index (χ0v) is 24.7. The summed E-state index contributed by atoms with van der Waals surface area (Å²) in [6.07, 6.45) is 19.4. The Morgan fingerprint density at radius 1 is 0.829 bits per heavy atom. The topological polar surface area (TPSA) is 20.2 Å². The molecule has 0 saturated heterocycles. The molecule has 1 nitrogen and oxygen atoms in total. The molecule has 0 bridgehead atoms. The fourth-order valence-electron chi connectivity index (χ4n) is 10.7. The molecule has 5 rings (SSSR count). The van der Waals surface area contributed by atoms with Crippen LogP contribution in [0.4, 0.5) is 0 Å². The van der Waals surface area contributed by atoms with Crippen molar-refractivity contribution in [2.24, 2.45) is 57.2 Å². The van der Waals surface area contributed by atoms with E-state index < -0.39 is 0 Å². The van der Waals surface area contributed by atoms with Crippen molar-refractivity contribution in [3.05, 3.63) is 11.6 Å². The van der Waals surface area contributed by atoms with Crippen LogP contribution in [-0.4, -0.2) is 10.7 Å². The maximum Gasteiger partial charge on any atom is 0.0648 e. The largest absolute Gasteiger partial charge is 0.390 e. The van der Waals surface area contributed by atoms with Gasteiger partial charge in [0, 0.05) is 0 Å². The maximum absolute atomic E-state index is 11.3. The molecular weight excluding hydrogens is 424 g/mol. The van der Waals surface area contributed by atoms with Gasteiger partial charge in [-0.05, 0) is 141 Å². The van der Waals surface area contributed by atoms with Crippen LogP contribution in [0.3, 0.4) is 0 Å². The molecular formula is C34H58O. The monoisotopic (exact) mass is 482 g/mol. The predicted molar refractivity (Wildman–Crippen MR) is 149 cm³/mol. The minimum atomic E-state index is -0.386. The number of aliphatic hydroxyl groups is 1. The Balaban J connectivity index is 1.29. The van der Waals surface area contributed by atoms with E-state index in [9.17, 15) is 5.11 Å². The van der Waals surface area contributed by atoms with Crippen LogP contribution in [0, 0.1) is 57.2 Å². The maximum atomic E-state index is 11.3. The van der Waals surface area contributed by atoms with Gasteiger partial charge in [-0.1, -0.05) is 67.0 Å². The van der Waals surface area contributed by atoms with E-state index in [1.807, 2.05) is 5.57 Å². The Bertz CT molecular complexity index is 824. The Morgan fingerprint density at radius 2 is 1.49 bits per heavy atom. The van der Waals surface area contributed by atoms with Gasteiger partial charge in [-0.25, -0.2) is 0 Å². The van der Waals surface area contributed by atoms with E-state index in [1.165, 1.54) is 64.2 Å². The van der Waals surface area contributed by atoms with Crippen LogP contribution < -0.4 is 0 Å². The zero-order chi connectivity index (χ0) is 25.4. The Morgan fingerprint density at radius 3 is 2.17 bits per heavy atom. The first-order valence-electron chi connectivity index (χ1n) is 15.6. The van der Waals surface area contributed by atoms with Crippen LogP contribution in [0.2, 0.25) is 0 Å². The summed E-state index contributed by atoms with van der Waals surface area (Å²) in [4.78, 5) is 0. The van der Waals surface area contributed by atoms with Crippen LogP contribution in [0.15, 0.2) is 11.6 Å². The second kappa shape index (κ2) is 8.61. The highest BCUT2D eigenvalue weighted by atomic mass is 16.3. The zero-order valence-electron chi connectivity index (χ0n) is 24.7. The number of hydrogen-bond donors (Lipinski definition) is 1. The number of rotatable bonds is 4. The molecule has 0 radical (unpaired) electrons. The Kier molecular flexibility index (Phi) is 6.47. The fraction of sp³-hybridized carbons (Fsp3) is 0.941. The Hall–Kier alpha value is -0.300. The summed E-state index contributed by atoms with van der Waals surface area (Å²) in [5, 5.41) is 11.3. The highest BCUT2D eigenvalue weighted by Gasteiger charge is 2.61. The summed E-state index contributed by atoms with van der Waals surface area (Å²) in [7, 11) is 0. The fourth-order valence-corrected chi connectivity index (χ4v) is 10.7. The van der Waals surface area contributed by atoms with Gasteiger partial charge in [-0.3, -0.25) is 0 Å². The second-order valence-corrected chi connectivity index (χ2v) is 16.7. The Labute approximate surface area is 218 Å². The molecule has 8 atom stereocenters. The molecule has 0 spiro atoms. The van der Waals surface area contributed by atoms with Crippen LogP contribution in [-0.2, 0) is 0 Å². The molecule has 4 saturated carbocycles. The van der Waals surface area contributed by atoms with Crippen molar-refractivity contribution < 1.29 is 5.11 Å². The molecule has 0 heterocycles. The van der Waals surface area contributed by atoms with Gasteiger partial charge in [0.2, 0.25) is 0 Å². The standard InChI is InChI=1S/C34H58O/c1-23(11-14-34(35)19-16-30(3,4)17-20-34)26-9-10-27-29-24(2)21-25-22-31(5,6)15-18-32(25,7)28(29)12-13-33(26,27)8/h21,23-24,26-29,35H,9-20,22H2,1-8H3/t23-,24+,26-,27+,28+,29+,32+,33-/m1/s1. The third-order valence-corrected chi connectivity index (χ3v) is 13.3. The highest BCUT2D eigenvalue weighted by Crippen LogP contribution is 2.69. The van der Waals surface area contributed by atoms with Gasteiger partial charge in [0.1, 0.15) is 0 Å². The molecule has 0 aromatic carbocycles. The molecule has 0 unspecified atom stereocenters. The second-order valence-electron chi connectivity index (χ2n) is 16.7. The van der Waals surface area contributed by atoms with E-state index in [4.69, 9.17) is 0 Å². The molecule has 0 aromatic rings. The SMILES string of the molecule is C[C@H](CCC1(O)CCC(C)(C)CC1)[C@H]1CC[C@H]2[C@@H]3[C@@H](C)C=C4CC(C)(C)CC[C@]4(C)[C@H]3CC[C@]12C. The van der Waals surface area contributed by atoms with Crippen molar-refractivity contribution in [2.75, 3.05) is 0 Å². The van der Waals surface area contributed by atoms with Crippen LogP contribution in [0.1, 0.15) is 139 Å². The molecule has 4 fully saturated rings. The van der Waals surface area contributed by atoms with Gasteiger partial charge in [-0.15, -0.1) is 0 Å². The number of fused-ring (bicyclic) bond motifs is 5. The third-order valence-electron chi connectivity index (χ3n) is 13.3. The third kappa shape index (κ3) is 4.51. The summed E-state index contributed by atoms with van der Waals surface area (Å²) in [5.41, 5.74) is 3.35. The normalized spacial score (nSPS) is 46.7. The molecule has 200 valence electrons. The summed E-state index contributed by atoms with van der Waals surface area (Å²) in [6, 6.07) is 0. The van der Waals surface area contributed by atoms with E-state index in [1.54, 1.807) is 0 Å². The molecule has 1 heteroatoms. The van der Waals surface area contributed by atoms with Gasteiger partial charge in [0.25, 0.3) is 0 Å². The first-order chi connectivity index (χ1) is 16.2. The predicted octanol–water partition coefficient (Wildman–Crippen LogP) is 9.59. The number of allylic oxidation sites excluding steroid dienone is 2. The minimum Gasteiger partial charge on any atom is -0.390 e. The first kappa shape index (κ1) is 26.3. The summed E-state index contributed by atoms with van der Waals surface area (Å²) >= 11 is 0. The molecule has 35 heavy (non-hydrogen) atoms. The number of hydrogen-bond acceptors (Lipinski definition) is 1. The van der Waals surface area contributed by atoms with Gasteiger partial charge in [0.05, 0.1) is 5.60 Å². The van der Waals surface area contributed by atoms with E-state index in [0.717, 1.165) is 54.8 Å². The van der Waals surface area contributed by atoms with E-state index in [2.05, 4.69) is 61.5 Å². The van der Waals surface area contributed by atoms with Crippen molar-refractivity contribution >= 4 is 0 Å². The smallest absolute Gasteiger partial charge is 0.0648 e. The molecule has 5 aliphatic rings. The van der Waals surface area contributed by atoms with E-state index in [0.29, 0.717) is 21.7 Å². The molecule has 5 aliphatic carbocycles. The van der Waals surface area contributed by atoms with Crippen molar-refractivity contribution in [1.29, 1.82) is 0 Å². The lowest BCUT2D eigenvalue weighted by Crippen LogP contribution is -2.53. The van der Waals surface area contributed by atoms with Crippen LogP contribution >= 0.6 is 0 Å². The van der Waals surface area contributed by atoms with Crippen LogP contribution in [0.25, 0.3) is 0 Å². The van der Waals surface area contributed by atoms with Crippen LogP contribution in [0.5, 0.6) is 0 Å². The van der Waals surface area contributed by atoms with Crippen molar-refractivity contribution in [3.8, 4) is 0 Å². The van der Waals surface area contributed by atoms with Gasteiger partial charge in [0.15, 0.2) is 0 Å². The van der Waals surface area contributed by atoms with E-state index in [-0.39, 0.29) is 5.60 Å². The van der Waals surface area contributed by atoms with Crippen molar-refractivity contribution in [3.63, 3.8) is 0 Å². The molecule has 1 N–H and O–H groups in total. The molecule has 0 aliphatic heterocycles. The summed E-state index contributed by atoms with van der Waals surface area (Å²) < 4.78 is 0. The lowest BCUT2D eigenvalue weighted by Gasteiger charge is -2.61. The van der Waals surface area contributed by atoms with Gasteiger partial charge in [-0.2, -0.15) is 0 Å². The minimum absolute atomic E-state index is 0.386. The van der Waals surface area contributed by atoms with Gasteiger partial charge < -0.3 is 5.11 Å². The first-order valence-corrected chi connectivity index (χ1v) is 15.6. The summed E-state index contributed by atoms with van der Waals surface area (Å²) in [5.74, 6) is 5.07. The summed E-state index contributed by atoms with van der Waals surface area (Å²) in [6.45, 7) is 20.3. The lowest BCUT2D eigenvalue weighted by atomic mass is 9.44.